The molecule has 0 saturated carbocycles. The van der Waals surface area contributed by atoms with Crippen LogP contribution in [0.3, 0.4) is 0 Å². The van der Waals surface area contributed by atoms with Crippen molar-refractivity contribution in [1.82, 2.24) is 0 Å². The topological polar surface area (TPSA) is 67.9 Å². The van der Waals surface area contributed by atoms with Gasteiger partial charge in [0.15, 0.2) is 6.61 Å². The maximum Gasteiger partial charge on any atom is 0.265 e. The lowest BCUT2D eigenvalue weighted by Crippen LogP contribution is -2.39. The van der Waals surface area contributed by atoms with E-state index in [9.17, 15) is 9.59 Å². The molecule has 174 valence electrons. The van der Waals surface area contributed by atoms with E-state index in [0.717, 1.165) is 16.9 Å². The molecule has 0 atom stereocenters. The summed E-state index contributed by atoms with van der Waals surface area (Å²) in [4.78, 5) is 26.6. The maximum absolute atomic E-state index is 12.5. The number of hydrogen-bond donors (Lipinski definition) is 1. The van der Waals surface area contributed by atoms with E-state index in [0.29, 0.717) is 36.7 Å². The van der Waals surface area contributed by atoms with Crippen molar-refractivity contribution in [3.05, 3.63) is 89.5 Å². The summed E-state index contributed by atoms with van der Waals surface area (Å²) in [6.45, 7) is 5.02. The molecule has 1 heterocycles. The normalized spacial score (nSPS) is 12.9. The molecule has 3 aromatic rings. The molecule has 2 amide bonds. The molecule has 0 aliphatic carbocycles. The fourth-order valence-corrected chi connectivity index (χ4v) is 3.68. The highest BCUT2D eigenvalue weighted by atomic mass is 16.5. The molecule has 6 nitrogen and oxygen atoms in total. The Balaban J connectivity index is 1.38. The highest BCUT2D eigenvalue weighted by molar-refractivity contribution is 6.03. The number of fused-ring (bicyclic) bond motifs is 1. The number of benzene rings is 3. The largest absolute Gasteiger partial charge is 0.494 e. The van der Waals surface area contributed by atoms with Crippen molar-refractivity contribution in [2.24, 2.45) is 0 Å². The van der Waals surface area contributed by atoms with Gasteiger partial charge in [0.1, 0.15) is 11.5 Å². The molecule has 0 radical (unpaired) electrons. The van der Waals surface area contributed by atoms with E-state index in [1.54, 1.807) is 29.2 Å². The number of hydrogen-bond acceptors (Lipinski definition) is 4. The van der Waals surface area contributed by atoms with E-state index in [1.807, 2.05) is 62.4 Å². The van der Waals surface area contributed by atoms with Gasteiger partial charge in [0.25, 0.3) is 5.91 Å². The van der Waals surface area contributed by atoms with Gasteiger partial charge in [-0.1, -0.05) is 42.0 Å². The van der Waals surface area contributed by atoms with Crippen LogP contribution in [0.25, 0.3) is 6.08 Å². The van der Waals surface area contributed by atoms with Gasteiger partial charge in [-0.15, -0.1) is 0 Å². The monoisotopic (exact) mass is 456 g/mol. The van der Waals surface area contributed by atoms with Crippen LogP contribution in [-0.2, 0) is 9.59 Å². The molecule has 0 spiro atoms. The summed E-state index contributed by atoms with van der Waals surface area (Å²) in [6.07, 6.45) is 3.92. The third-order valence-electron chi connectivity index (χ3n) is 5.46. The molecular weight excluding hydrogens is 428 g/mol. The summed E-state index contributed by atoms with van der Waals surface area (Å²) in [5.41, 5.74) is 4.49. The summed E-state index contributed by atoms with van der Waals surface area (Å²) in [7, 11) is 0. The number of aryl methyl sites for hydroxylation is 2. The van der Waals surface area contributed by atoms with Gasteiger partial charge in [-0.3, -0.25) is 9.59 Å². The van der Waals surface area contributed by atoms with Crippen LogP contribution in [0.5, 0.6) is 11.5 Å². The third-order valence-corrected chi connectivity index (χ3v) is 5.46. The number of nitrogens with one attached hydrogen (secondary N) is 1. The molecular formula is C28H28N2O4. The van der Waals surface area contributed by atoms with E-state index in [-0.39, 0.29) is 18.4 Å². The lowest BCUT2D eigenvalue weighted by atomic mass is 10.1. The van der Waals surface area contributed by atoms with Crippen LogP contribution >= 0.6 is 0 Å². The van der Waals surface area contributed by atoms with Gasteiger partial charge in [0.2, 0.25) is 5.91 Å². The molecule has 1 aliphatic rings. The molecule has 0 bridgehead atoms. The Labute approximate surface area is 199 Å². The molecule has 0 aromatic heterocycles. The molecule has 4 rings (SSSR count). The number of carbonyl (C=O) groups is 2. The molecule has 1 aliphatic heterocycles. The molecule has 3 aromatic carbocycles. The number of ether oxygens (including phenoxy) is 2. The van der Waals surface area contributed by atoms with Crippen molar-refractivity contribution in [3.8, 4) is 11.5 Å². The Morgan fingerprint density at radius 1 is 1.06 bits per heavy atom. The van der Waals surface area contributed by atoms with Crippen molar-refractivity contribution < 1.29 is 19.1 Å². The van der Waals surface area contributed by atoms with Crippen molar-refractivity contribution in [2.75, 3.05) is 30.0 Å². The van der Waals surface area contributed by atoms with Crippen molar-refractivity contribution in [2.45, 2.75) is 20.3 Å². The molecule has 6 heteroatoms. The van der Waals surface area contributed by atoms with E-state index in [2.05, 4.69) is 5.32 Å². The Hall–Kier alpha value is -4.06. The quantitative estimate of drug-likeness (QED) is 0.376. The zero-order chi connectivity index (χ0) is 23.9. The third kappa shape index (κ3) is 6.04. The van der Waals surface area contributed by atoms with Crippen molar-refractivity contribution in [3.63, 3.8) is 0 Å². The SMILES string of the molecule is Cc1ccc(/C=C/C(=O)Nc2ccc3c(c2)N(CCCOc2cccc(C)c2)C(=O)CO3)cc1. The second kappa shape index (κ2) is 10.7. The summed E-state index contributed by atoms with van der Waals surface area (Å²) >= 11 is 0. The molecule has 1 N–H and O–H groups in total. The average Bonchev–Trinajstić information content (AvgIpc) is 2.82. The highest BCUT2D eigenvalue weighted by Gasteiger charge is 2.25. The van der Waals surface area contributed by atoms with E-state index >= 15 is 0 Å². The molecule has 0 unspecified atom stereocenters. The van der Waals surface area contributed by atoms with E-state index in [4.69, 9.17) is 9.47 Å². The van der Waals surface area contributed by atoms with Crippen molar-refractivity contribution >= 4 is 29.3 Å². The maximum atomic E-state index is 12.5. The van der Waals surface area contributed by atoms with Gasteiger partial charge >= 0.3 is 0 Å². The zero-order valence-corrected chi connectivity index (χ0v) is 19.4. The first-order chi connectivity index (χ1) is 16.5. The van der Waals surface area contributed by atoms with Gasteiger partial charge in [-0.25, -0.2) is 0 Å². The molecule has 0 fully saturated rings. The van der Waals surface area contributed by atoms with Crippen LogP contribution in [0.15, 0.2) is 72.8 Å². The first-order valence-corrected chi connectivity index (χ1v) is 11.3. The Morgan fingerprint density at radius 2 is 1.88 bits per heavy atom. The number of nitrogens with zero attached hydrogens (tertiary/aromatic N) is 1. The number of rotatable bonds is 8. The average molecular weight is 457 g/mol. The summed E-state index contributed by atoms with van der Waals surface area (Å²) in [5, 5.41) is 2.86. The fourth-order valence-electron chi connectivity index (χ4n) is 3.68. The van der Waals surface area contributed by atoms with Crippen molar-refractivity contribution in [1.29, 1.82) is 0 Å². The summed E-state index contributed by atoms with van der Waals surface area (Å²) < 4.78 is 11.4. The van der Waals surface area contributed by atoms with Gasteiger partial charge in [0, 0.05) is 18.3 Å². The predicted molar refractivity (Wildman–Crippen MR) is 134 cm³/mol. The standard InChI is InChI=1S/C28H28N2O4/c1-20-7-9-22(10-8-20)11-14-27(31)29-23-12-13-26-25(18-23)30(28(32)19-34-26)15-4-16-33-24-6-3-5-21(2)17-24/h3,5-14,17-18H,4,15-16,19H2,1-2H3,(H,29,31)/b14-11+. The smallest absolute Gasteiger partial charge is 0.265 e. The highest BCUT2D eigenvalue weighted by Crippen LogP contribution is 2.34. The van der Waals surface area contributed by atoms with Crippen LogP contribution in [-0.4, -0.2) is 31.6 Å². The minimum Gasteiger partial charge on any atom is -0.494 e. The molecule has 0 saturated heterocycles. The van der Waals surface area contributed by atoms with Crippen LogP contribution in [0.1, 0.15) is 23.1 Å². The van der Waals surface area contributed by atoms with Crippen LogP contribution in [0.2, 0.25) is 0 Å². The van der Waals surface area contributed by atoms with Crippen LogP contribution in [0, 0.1) is 13.8 Å². The second-order valence-electron chi connectivity index (χ2n) is 8.27. The Kier molecular flexibility index (Phi) is 7.28. The number of carbonyl (C=O) groups excluding carboxylic acids is 2. The first kappa shape index (κ1) is 23.1. The predicted octanol–water partition coefficient (Wildman–Crippen LogP) is 5.15. The number of amides is 2. The summed E-state index contributed by atoms with van der Waals surface area (Å²) in [5.74, 6) is 1.07. The van der Waals surface area contributed by atoms with Gasteiger partial charge < -0.3 is 19.7 Å². The van der Waals surface area contributed by atoms with E-state index < -0.39 is 0 Å². The Morgan fingerprint density at radius 3 is 2.68 bits per heavy atom. The van der Waals surface area contributed by atoms with Gasteiger partial charge in [0.05, 0.1) is 12.3 Å². The minimum absolute atomic E-state index is 0.00324. The summed E-state index contributed by atoms with van der Waals surface area (Å²) in [6, 6.07) is 21.1. The van der Waals surface area contributed by atoms with E-state index in [1.165, 1.54) is 11.6 Å². The number of anilines is 2. The Bertz CT molecular complexity index is 1200. The lowest BCUT2D eigenvalue weighted by Gasteiger charge is -2.29. The fraction of sp³-hybridized carbons (Fsp3) is 0.214. The van der Waals surface area contributed by atoms with Crippen LogP contribution in [0.4, 0.5) is 11.4 Å². The zero-order valence-electron chi connectivity index (χ0n) is 19.4. The molecule has 34 heavy (non-hydrogen) atoms. The van der Waals surface area contributed by atoms with Gasteiger partial charge in [-0.2, -0.15) is 0 Å². The second-order valence-corrected chi connectivity index (χ2v) is 8.27. The lowest BCUT2D eigenvalue weighted by molar-refractivity contribution is -0.121. The minimum atomic E-state index is -0.248. The van der Waals surface area contributed by atoms with Crippen LogP contribution < -0.4 is 19.7 Å². The first-order valence-electron chi connectivity index (χ1n) is 11.3. The van der Waals surface area contributed by atoms with Gasteiger partial charge in [-0.05, 0) is 67.8 Å².